The summed E-state index contributed by atoms with van der Waals surface area (Å²) in [5.74, 6) is -0.965. The number of rotatable bonds is 6. The monoisotopic (exact) mass is 400 g/mol. The summed E-state index contributed by atoms with van der Waals surface area (Å²) in [5, 5.41) is 4.98. The molecule has 7 nitrogen and oxygen atoms in total. The normalized spacial score (nSPS) is 10.8. The van der Waals surface area contributed by atoms with E-state index in [-0.39, 0.29) is 6.61 Å². The van der Waals surface area contributed by atoms with Crippen molar-refractivity contribution in [2.75, 3.05) is 0 Å². The van der Waals surface area contributed by atoms with Gasteiger partial charge >= 0.3 is 5.97 Å². The number of esters is 1. The highest BCUT2D eigenvalue weighted by Crippen LogP contribution is 2.25. The fourth-order valence-electron chi connectivity index (χ4n) is 3.20. The van der Waals surface area contributed by atoms with E-state index in [0.717, 1.165) is 11.1 Å². The molecule has 0 aliphatic carbocycles. The molecule has 4 aromatic rings. The lowest BCUT2D eigenvalue weighted by Gasteiger charge is -2.09. The molecule has 2 aromatic heterocycles. The molecule has 0 radical (unpaired) electrons. The van der Waals surface area contributed by atoms with E-state index < -0.39 is 11.9 Å². The third-order valence-corrected chi connectivity index (χ3v) is 4.81. The zero-order valence-electron chi connectivity index (χ0n) is 16.4. The number of ether oxygens (including phenoxy) is 1. The lowest BCUT2D eigenvalue weighted by atomic mass is 10.1. The zero-order valence-corrected chi connectivity index (χ0v) is 16.4. The lowest BCUT2D eigenvalue weighted by molar-refractivity contribution is 0.0475. The molecule has 0 spiro atoms. The van der Waals surface area contributed by atoms with E-state index in [0.29, 0.717) is 34.4 Å². The molecule has 0 unspecified atom stereocenters. The minimum Gasteiger partial charge on any atom is -0.457 e. The van der Waals surface area contributed by atoms with Crippen molar-refractivity contribution in [3.05, 3.63) is 83.6 Å². The van der Waals surface area contributed by atoms with Crippen LogP contribution in [0.5, 0.6) is 0 Å². The third-order valence-electron chi connectivity index (χ3n) is 4.81. The van der Waals surface area contributed by atoms with Crippen molar-refractivity contribution in [1.82, 2.24) is 14.8 Å². The van der Waals surface area contributed by atoms with Crippen LogP contribution in [0.3, 0.4) is 0 Å². The SMILES string of the molecule is CCn1ncc2c(C(=O)OCc3ccc(C(N)=O)cc3)cc(-c3ccccc3)nc21. The molecule has 30 heavy (non-hydrogen) atoms. The maximum Gasteiger partial charge on any atom is 0.339 e. The summed E-state index contributed by atoms with van der Waals surface area (Å²) in [6, 6.07) is 18.0. The number of nitrogens with two attached hydrogens (primary N) is 1. The fraction of sp³-hybridized carbons (Fsp3) is 0.130. The van der Waals surface area contributed by atoms with Gasteiger partial charge in [-0.3, -0.25) is 4.79 Å². The Balaban J connectivity index is 1.65. The molecule has 0 aliphatic heterocycles. The van der Waals surface area contributed by atoms with Crippen LogP contribution in [0.4, 0.5) is 0 Å². The van der Waals surface area contributed by atoms with Gasteiger partial charge in [-0.25, -0.2) is 14.5 Å². The molecule has 0 atom stereocenters. The number of pyridine rings is 1. The van der Waals surface area contributed by atoms with E-state index >= 15 is 0 Å². The first-order valence-corrected chi connectivity index (χ1v) is 9.54. The van der Waals surface area contributed by atoms with Crippen LogP contribution < -0.4 is 5.73 Å². The second kappa shape index (κ2) is 8.16. The van der Waals surface area contributed by atoms with Gasteiger partial charge in [0.2, 0.25) is 5.91 Å². The van der Waals surface area contributed by atoms with Crippen molar-refractivity contribution in [2.24, 2.45) is 5.73 Å². The molecule has 7 heteroatoms. The quantitative estimate of drug-likeness (QED) is 0.499. The van der Waals surface area contributed by atoms with Crippen molar-refractivity contribution in [3.8, 4) is 11.3 Å². The van der Waals surface area contributed by atoms with Gasteiger partial charge in [0.15, 0.2) is 5.65 Å². The Morgan fingerprint density at radius 1 is 1.07 bits per heavy atom. The van der Waals surface area contributed by atoms with Crippen molar-refractivity contribution < 1.29 is 14.3 Å². The van der Waals surface area contributed by atoms with Crippen molar-refractivity contribution in [2.45, 2.75) is 20.1 Å². The summed E-state index contributed by atoms with van der Waals surface area (Å²) in [6.07, 6.45) is 1.64. The van der Waals surface area contributed by atoms with Crippen molar-refractivity contribution >= 4 is 22.9 Å². The van der Waals surface area contributed by atoms with Gasteiger partial charge in [-0.1, -0.05) is 42.5 Å². The summed E-state index contributed by atoms with van der Waals surface area (Å²) >= 11 is 0. The molecule has 0 saturated heterocycles. The molecule has 0 fully saturated rings. The van der Waals surface area contributed by atoms with Crippen LogP contribution in [0.1, 0.15) is 33.2 Å². The van der Waals surface area contributed by atoms with Crippen LogP contribution in [-0.2, 0) is 17.9 Å². The Kier molecular flexibility index (Phi) is 5.26. The Morgan fingerprint density at radius 2 is 1.80 bits per heavy atom. The Labute approximate surface area is 173 Å². The fourth-order valence-corrected chi connectivity index (χ4v) is 3.20. The maximum atomic E-state index is 12.9. The first kappa shape index (κ1) is 19.3. The van der Waals surface area contributed by atoms with E-state index in [9.17, 15) is 9.59 Å². The summed E-state index contributed by atoms with van der Waals surface area (Å²) in [6.45, 7) is 2.68. The van der Waals surface area contributed by atoms with Gasteiger partial charge in [0.1, 0.15) is 6.61 Å². The molecule has 0 saturated carbocycles. The van der Waals surface area contributed by atoms with E-state index in [4.69, 9.17) is 15.5 Å². The molecule has 0 aliphatic rings. The number of carbonyl (C=O) groups is 2. The molecule has 2 aromatic carbocycles. The van der Waals surface area contributed by atoms with E-state index in [1.807, 2.05) is 37.3 Å². The number of benzene rings is 2. The Hall–Kier alpha value is -4.00. The highest BCUT2D eigenvalue weighted by molar-refractivity contribution is 6.03. The molecular formula is C23H20N4O3. The van der Waals surface area contributed by atoms with Crippen LogP contribution in [0.2, 0.25) is 0 Å². The Morgan fingerprint density at radius 3 is 2.47 bits per heavy atom. The first-order valence-electron chi connectivity index (χ1n) is 9.54. The van der Waals surface area contributed by atoms with Gasteiger partial charge in [-0.05, 0) is 30.7 Å². The zero-order chi connectivity index (χ0) is 21.1. The van der Waals surface area contributed by atoms with Crippen LogP contribution in [0.15, 0.2) is 66.9 Å². The van der Waals surface area contributed by atoms with Gasteiger partial charge in [0.25, 0.3) is 0 Å². The van der Waals surface area contributed by atoms with Crippen LogP contribution in [-0.4, -0.2) is 26.6 Å². The number of amides is 1. The highest BCUT2D eigenvalue weighted by atomic mass is 16.5. The van der Waals surface area contributed by atoms with Gasteiger partial charge in [0, 0.05) is 17.7 Å². The predicted molar refractivity (Wildman–Crippen MR) is 113 cm³/mol. The number of aryl methyl sites for hydroxylation is 1. The Bertz CT molecular complexity index is 1210. The average molecular weight is 400 g/mol. The van der Waals surface area contributed by atoms with E-state index in [1.165, 1.54) is 0 Å². The number of nitrogens with zero attached hydrogens (tertiary/aromatic N) is 3. The molecule has 1 amide bonds. The number of carbonyl (C=O) groups excluding carboxylic acids is 2. The highest BCUT2D eigenvalue weighted by Gasteiger charge is 2.18. The molecule has 2 heterocycles. The van der Waals surface area contributed by atoms with Gasteiger partial charge in [-0.2, -0.15) is 5.10 Å². The van der Waals surface area contributed by atoms with Gasteiger partial charge < -0.3 is 10.5 Å². The van der Waals surface area contributed by atoms with E-state index in [2.05, 4.69) is 5.10 Å². The smallest absolute Gasteiger partial charge is 0.339 e. The van der Waals surface area contributed by atoms with E-state index in [1.54, 1.807) is 41.2 Å². The maximum absolute atomic E-state index is 12.9. The predicted octanol–water partition coefficient (Wildman–Crippen LogP) is 3.57. The summed E-state index contributed by atoms with van der Waals surface area (Å²) in [4.78, 5) is 28.8. The van der Waals surface area contributed by atoms with Crippen molar-refractivity contribution in [3.63, 3.8) is 0 Å². The van der Waals surface area contributed by atoms with Crippen LogP contribution >= 0.6 is 0 Å². The number of fused-ring (bicyclic) bond motifs is 1. The topological polar surface area (TPSA) is 100 Å². The second-order valence-electron chi connectivity index (χ2n) is 6.76. The number of hydrogen-bond donors (Lipinski definition) is 1. The summed E-state index contributed by atoms with van der Waals surface area (Å²) in [7, 11) is 0. The minimum atomic E-state index is -0.501. The van der Waals surface area contributed by atoms with Gasteiger partial charge in [0.05, 0.1) is 22.8 Å². The van der Waals surface area contributed by atoms with Crippen LogP contribution in [0, 0.1) is 0 Å². The van der Waals surface area contributed by atoms with Crippen molar-refractivity contribution in [1.29, 1.82) is 0 Å². The molecule has 0 bridgehead atoms. The lowest BCUT2D eigenvalue weighted by Crippen LogP contribution is -2.11. The number of primary amides is 1. The summed E-state index contributed by atoms with van der Waals surface area (Å²) < 4.78 is 7.29. The first-order chi connectivity index (χ1) is 14.6. The minimum absolute atomic E-state index is 0.0737. The number of hydrogen-bond acceptors (Lipinski definition) is 5. The molecule has 2 N–H and O–H groups in total. The van der Waals surface area contributed by atoms with Crippen LogP contribution in [0.25, 0.3) is 22.3 Å². The molecular weight excluding hydrogens is 380 g/mol. The molecule has 4 rings (SSSR count). The molecule has 150 valence electrons. The summed E-state index contributed by atoms with van der Waals surface area (Å²) in [5.41, 5.74) is 9.04. The van der Waals surface area contributed by atoms with Gasteiger partial charge in [-0.15, -0.1) is 0 Å². The standard InChI is InChI=1S/C23H20N4O3/c1-2-27-22-19(13-25-27)18(12-20(26-22)16-6-4-3-5-7-16)23(29)30-14-15-8-10-17(11-9-15)21(24)28/h3-13H,2,14H2,1H3,(H2,24,28). The average Bonchev–Trinajstić information content (AvgIpc) is 3.20. The third kappa shape index (κ3) is 3.77. The number of aromatic nitrogens is 3. The largest absolute Gasteiger partial charge is 0.457 e. The second-order valence-corrected chi connectivity index (χ2v) is 6.76.